The van der Waals surface area contributed by atoms with Gasteiger partial charge in [-0.1, -0.05) is 0 Å². The summed E-state index contributed by atoms with van der Waals surface area (Å²) in [6.45, 7) is 8.34. The maximum atomic E-state index is 10.9. The summed E-state index contributed by atoms with van der Waals surface area (Å²) in [6.07, 6.45) is 0.938. The molecule has 1 unspecified atom stereocenters. The Morgan fingerprint density at radius 3 is 2.87 bits per heavy atom. The quantitative estimate of drug-likeness (QED) is 0.726. The van der Waals surface area contributed by atoms with Gasteiger partial charge in [0.15, 0.2) is 0 Å². The van der Waals surface area contributed by atoms with E-state index in [4.69, 9.17) is 4.74 Å². The molecule has 1 heterocycles. The molecule has 84 valence electrons. The summed E-state index contributed by atoms with van der Waals surface area (Å²) in [4.78, 5) is 15.3. The number of thiazole rings is 1. The highest BCUT2D eigenvalue weighted by atomic mass is 32.1. The molecule has 0 spiro atoms. The third-order valence-corrected chi connectivity index (χ3v) is 3.25. The van der Waals surface area contributed by atoms with Crippen LogP contribution < -0.4 is 0 Å². The Labute approximate surface area is 94.5 Å². The average molecular weight is 227 g/mol. The molecule has 0 saturated heterocycles. The topological polar surface area (TPSA) is 39.2 Å². The lowest BCUT2D eigenvalue weighted by atomic mass is 9.92. The molecule has 15 heavy (non-hydrogen) atoms. The Hall–Kier alpha value is -0.740. The first-order valence-corrected chi connectivity index (χ1v) is 5.93. The number of hydrogen-bond donors (Lipinski definition) is 0. The molecule has 0 saturated carbocycles. The first-order valence-electron chi connectivity index (χ1n) is 5.05. The first kappa shape index (κ1) is 12.3. The molecule has 1 aromatic heterocycles. The molecular weight excluding hydrogens is 210 g/mol. The largest absolute Gasteiger partial charge is 0.372 e. The predicted octanol–water partition coefficient (Wildman–Crippen LogP) is 2.72. The highest BCUT2D eigenvalue weighted by Crippen LogP contribution is 2.27. The van der Waals surface area contributed by atoms with Gasteiger partial charge in [0.05, 0.1) is 11.1 Å². The van der Waals surface area contributed by atoms with Gasteiger partial charge in [0.1, 0.15) is 17.4 Å². The van der Waals surface area contributed by atoms with Crippen LogP contribution in [0.1, 0.15) is 44.5 Å². The predicted molar refractivity (Wildman–Crippen MR) is 61.2 cm³/mol. The van der Waals surface area contributed by atoms with Crippen LogP contribution in [-0.4, -0.2) is 17.9 Å². The van der Waals surface area contributed by atoms with Crippen molar-refractivity contribution in [2.24, 2.45) is 0 Å². The van der Waals surface area contributed by atoms with E-state index in [1.54, 1.807) is 11.3 Å². The van der Waals surface area contributed by atoms with Crippen LogP contribution >= 0.6 is 11.3 Å². The van der Waals surface area contributed by atoms with Crippen LogP contribution in [0.25, 0.3) is 0 Å². The summed E-state index contributed by atoms with van der Waals surface area (Å²) in [5.41, 5.74) is 0.324. The monoisotopic (exact) mass is 227 g/mol. The Morgan fingerprint density at radius 2 is 2.33 bits per heavy atom. The van der Waals surface area contributed by atoms with E-state index in [1.165, 1.54) is 0 Å². The summed E-state index contributed by atoms with van der Waals surface area (Å²) in [6, 6.07) is 0. The number of nitrogens with zero attached hydrogens (tertiary/aromatic N) is 1. The standard InChI is InChI=1S/C11H17NO2S/c1-5-14-8(2)10-12-9(6-15-10)11(3,4)7-13/h6-8H,5H2,1-4H3. The zero-order chi connectivity index (χ0) is 11.5. The Morgan fingerprint density at radius 1 is 1.67 bits per heavy atom. The van der Waals surface area contributed by atoms with Crippen molar-refractivity contribution in [3.05, 3.63) is 16.1 Å². The highest BCUT2D eigenvalue weighted by Gasteiger charge is 2.23. The van der Waals surface area contributed by atoms with Crippen molar-refractivity contribution in [3.8, 4) is 0 Å². The number of carbonyl (C=O) groups is 1. The van der Waals surface area contributed by atoms with E-state index in [0.29, 0.717) is 6.61 Å². The third kappa shape index (κ3) is 2.86. The van der Waals surface area contributed by atoms with Crippen molar-refractivity contribution >= 4 is 17.6 Å². The SMILES string of the molecule is CCOC(C)c1nc(C(C)(C)C=O)cs1. The second-order valence-electron chi connectivity index (χ2n) is 4.01. The average Bonchev–Trinajstić information content (AvgIpc) is 2.67. The van der Waals surface area contributed by atoms with Gasteiger partial charge in [0.25, 0.3) is 0 Å². The number of aromatic nitrogens is 1. The van der Waals surface area contributed by atoms with E-state index >= 15 is 0 Å². The maximum absolute atomic E-state index is 10.9. The molecule has 4 heteroatoms. The molecule has 0 aromatic carbocycles. The Balaban J connectivity index is 2.85. The molecule has 0 N–H and O–H groups in total. The van der Waals surface area contributed by atoms with Gasteiger partial charge >= 0.3 is 0 Å². The second-order valence-corrected chi connectivity index (χ2v) is 4.90. The fourth-order valence-corrected chi connectivity index (χ4v) is 2.15. The molecule has 0 amide bonds. The van der Waals surface area contributed by atoms with E-state index in [2.05, 4.69) is 4.98 Å². The normalized spacial score (nSPS) is 13.9. The summed E-state index contributed by atoms with van der Waals surface area (Å²) >= 11 is 1.54. The summed E-state index contributed by atoms with van der Waals surface area (Å²) in [7, 11) is 0. The Bertz CT molecular complexity index is 333. The molecule has 1 rings (SSSR count). The Kier molecular flexibility index (Phi) is 3.99. The minimum absolute atomic E-state index is 0.0104. The van der Waals surface area contributed by atoms with E-state index in [9.17, 15) is 4.79 Å². The lowest BCUT2D eigenvalue weighted by Gasteiger charge is -2.13. The first-order chi connectivity index (χ1) is 7.01. The number of carbonyl (C=O) groups excluding carboxylic acids is 1. The molecule has 1 aromatic rings. The van der Waals surface area contributed by atoms with Crippen molar-refractivity contribution < 1.29 is 9.53 Å². The number of aldehydes is 1. The molecule has 0 fully saturated rings. The molecule has 0 aliphatic carbocycles. The molecular formula is C11H17NO2S. The molecule has 1 atom stereocenters. The van der Waals surface area contributed by atoms with Crippen LogP contribution in [0.4, 0.5) is 0 Å². The number of hydrogen-bond acceptors (Lipinski definition) is 4. The molecule has 0 bridgehead atoms. The minimum Gasteiger partial charge on any atom is -0.372 e. The van der Waals surface area contributed by atoms with Crippen molar-refractivity contribution in [3.63, 3.8) is 0 Å². The van der Waals surface area contributed by atoms with Gasteiger partial charge in [0, 0.05) is 12.0 Å². The van der Waals surface area contributed by atoms with Crippen molar-refractivity contribution in [2.45, 2.75) is 39.2 Å². The lowest BCUT2D eigenvalue weighted by molar-refractivity contribution is -0.111. The van der Waals surface area contributed by atoms with E-state index < -0.39 is 5.41 Å². The minimum atomic E-state index is -0.499. The van der Waals surface area contributed by atoms with Crippen LogP contribution in [0.2, 0.25) is 0 Å². The second kappa shape index (κ2) is 4.86. The number of ether oxygens (including phenoxy) is 1. The maximum Gasteiger partial charge on any atom is 0.131 e. The molecule has 3 nitrogen and oxygen atoms in total. The third-order valence-electron chi connectivity index (χ3n) is 2.24. The zero-order valence-electron chi connectivity index (χ0n) is 9.61. The van der Waals surface area contributed by atoms with Gasteiger partial charge in [-0.05, 0) is 27.7 Å². The van der Waals surface area contributed by atoms with Gasteiger partial charge in [-0.15, -0.1) is 11.3 Å². The van der Waals surface area contributed by atoms with Crippen molar-refractivity contribution in [2.75, 3.05) is 6.61 Å². The van der Waals surface area contributed by atoms with Gasteiger partial charge in [-0.25, -0.2) is 4.98 Å². The fourth-order valence-electron chi connectivity index (χ4n) is 1.15. The number of rotatable bonds is 5. The highest BCUT2D eigenvalue weighted by molar-refractivity contribution is 7.09. The fraction of sp³-hybridized carbons (Fsp3) is 0.636. The molecule has 0 radical (unpaired) electrons. The summed E-state index contributed by atoms with van der Waals surface area (Å²) < 4.78 is 5.45. The van der Waals surface area contributed by atoms with Gasteiger partial charge in [-0.2, -0.15) is 0 Å². The van der Waals surface area contributed by atoms with Crippen LogP contribution in [0.15, 0.2) is 5.38 Å². The molecule has 0 aliphatic heterocycles. The smallest absolute Gasteiger partial charge is 0.131 e. The van der Waals surface area contributed by atoms with Crippen LogP contribution in [-0.2, 0) is 14.9 Å². The van der Waals surface area contributed by atoms with E-state index in [1.807, 2.05) is 33.1 Å². The van der Waals surface area contributed by atoms with Gasteiger partial charge in [0.2, 0.25) is 0 Å². The summed E-state index contributed by atoms with van der Waals surface area (Å²) in [5, 5.41) is 2.86. The van der Waals surface area contributed by atoms with E-state index in [0.717, 1.165) is 17.0 Å². The zero-order valence-corrected chi connectivity index (χ0v) is 10.4. The lowest BCUT2D eigenvalue weighted by Crippen LogP contribution is -2.19. The van der Waals surface area contributed by atoms with Crippen LogP contribution in [0.5, 0.6) is 0 Å². The summed E-state index contributed by atoms with van der Waals surface area (Å²) in [5.74, 6) is 0. The van der Waals surface area contributed by atoms with Crippen molar-refractivity contribution in [1.82, 2.24) is 4.98 Å². The van der Waals surface area contributed by atoms with Crippen LogP contribution in [0.3, 0.4) is 0 Å². The van der Waals surface area contributed by atoms with Gasteiger partial charge in [-0.3, -0.25) is 0 Å². The molecule has 0 aliphatic rings. The van der Waals surface area contributed by atoms with Crippen LogP contribution in [0, 0.1) is 0 Å². The van der Waals surface area contributed by atoms with E-state index in [-0.39, 0.29) is 6.10 Å². The van der Waals surface area contributed by atoms with Gasteiger partial charge < -0.3 is 9.53 Å². The van der Waals surface area contributed by atoms with Crippen molar-refractivity contribution in [1.29, 1.82) is 0 Å².